The minimum atomic E-state index is -0.302. The summed E-state index contributed by atoms with van der Waals surface area (Å²) < 4.78 is 17.2. The molecule has 2 unspecified atom stereocenters. The molecule has 1 aromatic carbocycles. The van der Waals surface area contributed by atoms with E-state index in [0.29, 0.717) is 25.0 Å². The number of benzene rings is 1. The third kappa shape index (κ3) is 6.35. The Balaban J connectivity index is 1.70. The van der Waals surface area contributed by atoms with Crippen LogP contribution in [0.2, 0.25) is 0 Å². The average Bonchev–Trinajstić information content (AvgIpc) is 3.51. The Bertz CT molecular complexity index is 1000. The maximum atomic E-state index is 13.2. The van der Waals surface area contributed by atoms with E-state index in [2.05, 4.69) is 54.9 Å². The van der Waals surface area contributed by atoms with E-state index in [1.54, 1.807) is 0 Å². The predicted molar refractivity (Wildman–Crippen MR) is 139 cm³/mol. The third-order valence-electron chi connectivity index (χ3n) is 7.53. The Kier molecular flexibility index (Phi) is 9.04. The van der Waals surface area contributed by atoms with Gasteiger partial charge in [0.05, 0.1) is 26.2 Å². The molecule has 2 aliphatic heterocycles. The Morgan fingerprint density at radius 3 is 2.74 bits per heavy atom. The summed E-state index contributed by atoms with van der Waals surface area (Å²) in [5.41, 5.74) is 4.72. The van der Waals surface area contributed by atoms with Crippen molar-refractivity contribution in [1.82, 2.24) is 9.88 Å². The highest BCUT2D eigenvalue weighted by molar-refractivity contribution is 5.88. The normalized spacial score (nSPS) is 22.7. The molecule has 2 aromatic rings. The van der Waals surface area contributed by atoms with Crippen LogP contribution >= 0.6 is 0 Å². The minimum Gasteiger partial charge on any atom is -0.469 e. The van der Waals surface area contributed by atoms with Gasteiger partial charge in [-0.25, -0.2) is 0 Å². The first kappa shape index (κ1) is 25.9. The van der Waals surface area contributed by atoms with Crippen molar-refractivity contribution in [2.24, 2.45) is 11.8 Å². The summed E-state index contributed by atoms with van der Waals surface area (Å²) >= 11 is 0. The smallest absolute Gasteiger partial charge is 0.314 e. The molecule has 0 amide bonds. The number of rotatable bonds is 8. The highest BCUT2D eigenvalue weighted by atomic mass is 16.7. The summed E-state index contributed by atoms with van der Waals surface area (Å²) in [7, 11) is 1.51. The van der Waals surface area contributed by atoms with Crippen molar-refractivity contribution >= 4 is 16.9 Å². The fraction of sp³-hybridized carbons (Fsp3) is 0.621. The minimum absolute atomic E-state index is 0.131. The van der Waals surface area contributed by atoms with Gasteiger partial charge in [0.25, 0.3) is 0 Å². The molecule has 1 N–H and O–H groups in total. The summed E-state index contributed by atoms with van der Waals surface area (Å²) in [6, 6.07) is 8.40. The van der Waals surface area contributed by atoms with Crippen molar-refractivity contribution in [2.45, 2.75) is 65.1 Å². The molecule has 1 aromatic heterocycles. The Morgan fingerprint density at radius 1 is 1.26 bits per heavy atom. The van der Waals surface area contributed by atoms with Crippen LogP contribution in [0.4, 0.5) is 0 Å². The van der Waals surface area contributed by atoms with Gasteiger partial charge in [0.2, 0.25) is 0 Å². The number of H-pyrrole nitrogens is 1. The number of hydrogen-bond acceptors (Lipinski definition) is 5. The lowest BCUT2D eigenvalue weighted by Crippen LogP contribution is -2.34. The number of nitrogens with zero attached hydrogens (tertiary/aromatic N) is 1. The van der Waals surface area contributed by atoms with Gasteiger partial charge in [-0.15, -0.1) is 0 Å². The molecule has 1 fully saturated rings. The van der Waals surface area contributed by atoms with Gasteiger partial charge in [0.15, 0.2) is 6.29 Å². The van der Waals surface area contributed by atoms with Crippen molar-refractivity contribution in [3.63, 3.8) is 0 Å². The zero-order valence-corrected chi connectivity index (χ0v) is 21.8. The van der Waals surface area contributed by atoms with E-state index < -0.39 is 0 Å². The van der Waals surface area contributed by atoms with Gasteiger partial charge >= 0.3 is 5.97 Å². The van der Waals surface area contributed by atoms with E-state index in [9.17, 15) is 4.79 Å². The molecule has 1 saturated heterocycles. The molecular formula is C29H42N2O4. The largest absolute Gasteiger partial charge is 0.469 e. The number of methoxy groups -OCH3 is 1. The average molecular weight is 483 g/mol. The van der Waals surface area contributed by atoms with Crippen LogP contribution in [0.1, 0.15) is 63.6 Å². The molecule has 6 heteroatoms. The zero-order valence-electron chi connectivity index (χ0n) is 21.8. The van der Waals surface area contributed by atoms with Crippen molar-refractivity contribution < 1.29 is 19.0 Å². The first-order valence-electron chi connectivity index (χ1n) is 13.3. The standard InChI is InChI=1S/C29H42N2O4/c1-5-8-22(29-34-15-16-35-29)17-21-18-25(28(32)33-4)27-24(23-9-6-7-10-26(23)30-27)12-14-31(19-21)13-11-20(2)3/h6-7,9-11,21-22,25,29-30H,5,8,12-19H2,1-4H3/t21-,22?,25?/m1/s1. The van der Waals surface area contributed by atoms with Crippen LogP contribution < -0.4 is 0 Å². The summed E-state index contributed by atoms with van der Waals surface area (Å²) in [5, 5.41) is 1.22. The summed E-state index contributed by atoms with van der Waals surface area (Å²) in [6.45, 7) is 10.7. The van der Waals surface area contributed by atoms with Crippen molar-refractivity contribution in [2.75, 3.05) is 40.0 Å². The van der Waals surface area contributed by atoms with Crippen LogP contribution in [0, 0.1) is 11.8 Å². The maximum Gasteiger partial charge on any atom is 0.314 e. The van der Waals surface area contributed by atoms with Gasteiger partial charge < -0.3 is 19.2 Å². The second kappa shape index (κ2) is 12.2. The van der Waals surface area contributed by atoms with Gasteiger partial charge in [-0.3, -0.25) is 9.69 Å². The number of nitrogens with one attached hydrogen (secondary N) is 1. The van der Waals surface area contributed by atoms with E-state index in [4.69, 9.17) is 14.2 Å². The quantitative estimate of drug-likeness (QED) is 0.401. The number of carbonyl (C=O) groups excluding carboxylic acids is 1. The van der Waals surface area contributed by atoms with Gasteiger partial charge in [0.1, 0.15) is 0 Å². The number of para-hydroxylation sites is 1. The number of fused-ring (bicyclic) bond motifs is 3. The third-order valence-corrected chi connectivity index (χ3v) is 7.53. The topological polar surface area (TPSA) is 63.8 Å². The molecule has 4 rings (SSSR count). The van der Waals surface area contributed by atoms with Gasteiger partial charge in [-0.05, 0) is 57.1 Å². The zero-order chi connectivity index (χ0) is 24.8. The molecule has 0 saturated carbocycles. The fourth-order valence-electron chi connectivity index (χ4n) is 5.86. The van der Waals surface area contributed by atoms with Crippen LogP contribution in [0.15, 0.2) is 35.9 Å². The molecular weight excluding hydrogens is 440 g/mol. The molecule has 0 spiro atoms. The molecule has 0 radical (unpaired) electrons. The molecule has 2 aliphatic rings. The van der Waals surface area contributed by atoms with Crippen LogP contribution in [0.3, 0.4) is 0 Å². The SMILES string of the molecule is CCCC(C[C@@H]1CC(C(=O)OC)c2[nH]c3ccccc3c2CCN(CC=C(C)C)C1)C1OCCO1. The Morgan fingerprint density at radius 2 is 2.03 bits per heavy atom. The Labute approximate surface area is 210 Å². The van der Waals surface area contributed by atoms with Crippen LogP contribution in [0.5, 0.6) is 0 Å². The molecule has 3 heterocycles. The number of hydrogen-bond donors (Lipinski definition) is 1. The van der Waals surface area contributed by atoms with Gasteiger partial charge in [0, 0.05) is 42.1 Å². The van der Waals surface area contributed by atoms with E-state index in [1.165, 1.54) is 23.6 Å². The monoisotopic (exact) mass is 482 g/mol. The number of ether oxygens (including phenoxy) is 3. The second-order valence-electron chi connectivity index (χ2n) is 10.4. The molecule has 0 aliphatic carbocycles. The highest BCUT2D eigenvalue weighted by Gasteiger charge is 2.35. The summed E-state index contributed by atoms with van der Waals surface area (Å²) in [6.07, 6.45) is 6.98. The summed E-state index contributed by atoms with van der Waals surface area (Å²) in [5.74, 6) is 0.204. The van der Waals surface area contributed by atoms with Crippen LogP contribution in [0.25, 0.3) is 10.9 Å². The van der Waals surface area contributed by atoms with Gasteiger partial charge in [-0.1, -0.05) is 43.2 Å². The highest BCUT2D eigenvalue weighted by Crippen LogP contribution is 2.37. The molecule has 6 nitrogen and oxygen atoms in total. The van der Waals surface area contributed by atoms with Crippen LogP contribution in [-0.4, -0.2) is 62.1 Å². The molecule has 35 heavy (non-hydrogen) atoms. The number of allylic oxidation sites excluding steroid dienone is 1. The summed E-state index contributed by atoms with van der Waals surface area (Å²) in [4.78, 5) is 19.4. The first-order valence-corrected chi connectivity index (χ1v) is 13.3. The maximum absolute atomic E-state index is 13.2. The number of carbonyl (C=O) groups is 1. The van der Waals surface area contributed by atoms with Crippen LogP contribution in [-0.2, 0) is 25.4 Å². The fourth-order valence-corrected chi connectivity index (χ4v) is 5.86. The van der Waals surface area contributed by atoms with Crippen molar-refractivity contribution in [3.05, 3.63) is 47.2 Å². The van der Waals surface area contributed by atoms with Crippen molar-refractivity contribution in [1.29, 1.82) is 0 Å². The Hall–Kier alpha value is -2.15. The second-order valence-corrected chi connectivity index (χ2v) is 10.4. The van der Waals surface area contributed by atoms with E-state index in [1.807, 2.05) is 6.07 Å². The van der Waals surface area contributed by atoms with E-state index >= 15 is 0 Å². The lowest BCUT2D eigenvalue weighted by molar-refractivity contribution is -0.143. The lowest BCUT2D eigenvalue weighted by Gasteiger charge is -2.31. The lowest BCUT2D eigenvalue weighted by atomic mass is 9.83. The number of aromatic amines is 1. The molecule has 192 valence electrons. The first-order chi connectivity index (χ1) is 17.0. The molecule has 3 atom stereocenters. The van der Waals surface area contributed by atoms with Gasteiger partial charge in [-0.2, -0.15) is 0 Å². The number of esters is 1. The molecule has 0 bridgehead atoms. The number of aromatic nitrogens is 1. The van der Waals surface area contributed by atoms with Crippen molar-refractivity contribution in [3.8, 4) is 0 Å². The van der Waals surface area contributed by atoms with E-state index in [0.717, 1.165) is 62.9 Å². The van der Waals surface area contributed by atoms with E-state index in [-0.39, 0.29) is 18.2 Å². The predicted octanol–water partition coefficient (Wildman–Crippen LogP) is 5.43.